The molecule has 0 saturated carbocycles. The lowest BCUT2D eigenvalue weighted by molar-refractivity contribution is 0.0272. The van der Waals surface area contributed by atoms with Crippen molar-refractivity contribution in [1.29, 1.82) is 5.26 Å². The second kappa shape index (κ2) is 4.81. The van der Waals surface area contributed by atoms with E-state index in [0.29, 0.717) is 6.32 Å². The first kappa shape index (κ1) is 11.5. The molecule has 0 aromatic heterocycles. The van der Waals surface area contributed by atoms with Crippen LogP contribution in [0, 0.1) is 22.7 Å². The summed E-state index contributed by atoms with van der Waals surface area (Å²) >= 11 is 0. The fourth-order valence-corrected chi connectivity index (χ4v) is 1.41. The van der Waals surface area contributed by atoms with E-state index in [1.807, 2.05) is 6.92 Å². The normalized spacial score (nSPS) is 22.9. The standard InChI is InChI=1S/C10H18BNO2/c1-4-9(6-12)5-11-13-7-10(2,3)8-14-11/h9H,4-5,7-8H2,1-3H3. The molecule has 0 aromatic rings. The van der Waals surface area contributed by atoms with Crippen molar-refractivity contribution in [1.82, 2.24) is 0 Å². The number of nitrogens with zero attached hydrogens (tertiary/aromatic N) is 1. The summed E-state index contributed by atoms with van der Waals surface area (Å²) in [7, 11) is -0.173. The van der Waals surface area contributed by atoms with Crippen LogP contribution in [0.2, 0.25) is 6.32 Å². The quantitative estimate of drug-likeness (QED) is 0.647. The fraction of sp³-hybridized carbons (Fsp3) is 0.900. The lowest BCUT2D eigenvalue weighted by Crippen LogP contribution is -2.41. The summed E-state index contributed by atoms with van der Waals surface area (Å²) in [4.78, 5) is 0. The van der Waals surface area contributed by atoms with Crippen molar-refractivity contribution >= 4 is 7.12 Å². The van der Waals surface area contributed by atoms with Crippen molar-refractivity contribution in [2.24, 2.45) is 11.3 Å². The topological polar surface area (TPSA) is 42.2 Å². The predicted octanol–water partition coefficient (Wildman–Crippen LogP) is 2.10. The largest absolute Gasteiger partial charge is 0.458 e. The van der Waals surface area contributed by atoms with Crippen molar-refractivity contribution in [3.63, 3.8) is 0 Å². The molecule has 1 heterocycles. The van der Waals surface area contributed by atoms with Gasteiger partial charge in [0.2, 0.25) is 0 Å². The monoisotopic (exact) mass is 195 g/mol. The first-order valence-corrected chi connectivity index (χ1v) is 5.20. The molecule has 1 saturated heterocycles. The molecule has 1 rings (SSSR count). The SMILES string of the molecule is CCC(C#N)CB1OCC(C)(C)CO1. The molecular formula is C10H18BNO2. The van der Waals surface area contributed by atoms with Gasteiger partial charge in [0.1, 0.15) is 0 Å². The van der Waals surface area contributed by atoms with E-state index in [1.54, 1.807) is 0 Å². The highest BCUT2D eigenvalue weighted by Crippen LogP contribution is 2.24. The molecular weight excluding hydrogens is 177 g/mol. The van der Waals surface area contributed by atoms with E-state index in [1.165, 1.54) is 0 Å². The Morgan fingerprint density at radius 2 is 2.00 bits per heavy atom. The zero-order valence-electron chi connectivity index (χ0n) is 9.25. The second-order valence-corrected chi connectivity index (χ2v) is 4.69. The molecule has 1 aliphatic rings. The van der Waals surface area contributed by atoms with E-state index in [-0.39, 0.29) is 18.5 Å². The Balaban J connectivity index is 2.32. The Morgan fingerprint density at radius 1 is 1.43 bits per heavy atom. The summed E-state index contributed by atoms with van der Waals surface area (Å²) in [6.45, 7) is 7.69. The third kappa shape index (κ3) is 3.32. The summed E-state index contributed by atoms with van der Waals surface area (Å²) in [5.74, 6) is 0.0567. The first-order chi connectivity index (χ1) is 6.57. The predicted molar refractivity (Wildman–Crippen MR) is 55.6 cm³/mol. The average Bonchev–Trinajstić information content (AvgIpc) is 2.16. The van der Waals surface area contributed by atoms with Crippen molar-refractivity contribution in [3.05, 3.63) is 0 Å². The van der Waals surface area contributed by atoms with E-state index >= 15 is 0 Å². The van der Waals surface area contributed by atoms with Gasteiger partial charge < -0.3 is 9.31 Å². The van der Waals surface area contributed by atoms with E-state index in [4.69, 9.17) is 14.6 Å². The number of rotatable bonds is 3. The van der Waals surface area contributed by atoms with Gasteiger partial charge in [-0.1, -0.05) is 20.8 Å². The van der Waals surface area contributed by atoms with E-state index < -0.39 is 0 Å². The van der Waals surface area contributed by atoms with Crippen molar-refractivity contribution in [3.8, 4) is 6.07 Å². The Kier molecular flexibility index (Phi) is 3.97. The van der Waals surface area contributed by atoms with Crippen LogP contribution in [0.4, 0.5) is 0 Å². The third-order valence-corrected chi connectivity index (χ3v) is 2.47. The molecule has 1 aliphatic heterocycles. The minimum Gasteiger partial charge on any atom is -0.410 e. The van der Waals surface area contributed by atoms with Crippen LogP contribution in [-0.4, -0.2) is 20.3 Å². The lowest BCUT2D eigenvalue weighted by atomic mass is 9.74. The van der Waals surface area contributed by atoms with Crippen LogP contribution in [0.3, 0.4) is 0 Å². The van der Waals surface area contributed by atoms with Gasteiger partial charge in [-0.3, -0.25) is 0 Å². The molecule has 1 fully saturated rings. The average molecular weight is 195 g/mol. The van der Waals surface area contributed by atoms with Crippen LogP contribution >= 0.6 is 0 Å². The fourth-order valence-electron chi connectivity index (χ4n) is 1.41. The molecule has 78 valence electrons. The van der Waals surface area contributed by atoms with Gasteiger partial charge in [0.05, 0.1) is 6.07 Å². The summed E-state index contributed by atoms with van der Waals surface area (Å²) in [6.07, 6.45) is 1.56. The van der Waals surface area contributed by atoms with Gasteiger partial charge in [0.25, 0.3) is 0 Å². The molecule has 0 amide bonds. The zero-order chi connectivity index (χ0) is 10.6. The Bertz CT molecular complexity index is 215. The number of hydrogen-bond acceptors (Lipinski definition) is 3. The molecule has 3 nitrogen and oxygen atoms in total. The highest BCUT2D eigenvalue weighted by atomic mass is 16.6. The summed E-state index contributed by atoms with van der Waals surface area (Å²) in [5, 5.41) is 8.80. The molecule has 0 aliphatic carbocycles. The molecule has 0 radical (unpaired) electrons. The molecule has 4 heteroatoms. The maximum Gasteiger partial charge on any atom is 0.458 e. The molecule has 0 bridgehead atoms. The minimum atomic E-state index is -0.173. The van der Waals surface area contributed by atoms with E-state index in [9.17, 15) is 0 Å². The van der Waals surface area contributed by atoms with Crippen LogP contribution in [0.1, 0.15) is 27.2 Å². The molecule has 1 unspecified atom stereocenters. The third-order valence-electron chi connectivity index (χ3n) is 2.47. The van der Waals surface area contributed by atoms with Gasteiger partial charge in [-0.05, 0) is 12.7 Å². The Morgan fingerprint density at radius 3 is 2.43 bits per heavy atom. The van der Waals surface area contributed by atoms with Crippen molar-refractivity contribution in [2.45, 2.75) is 33.5 Å². The zero-order valence-corrected chi connectivity index (χ0v) is 9.25. The second-order valence-electron chi connectivity index (χ2n) is 4.69. The summed E-state index contributed by atoms with van der Waals surface area (Å²) in [5.41, 5.74) is 0.116. The van der Waals surface area contributed by atoms with Crippen LogP contribution in [-0.2, 0) is 9.31 Å². The van der Waals surface area contributed by atoms with Gasteiger partial charge in [0.15, 0.2) is 0 Å². The van der Waals surface area contributed by atoms with Crippen LogP contribution in [0.15, 0.2) is 0 Å². The maximum absolute atomic E-state index is 8.80. The minimum absolute atomic E-state index is 0.0567. The number of hydrogen-bond donors (Lipinski definition) is 0. The van der Waals surface area contributed by atoms with Gasteiger partial charge in [-0.2, -0.15) is 5.26 Å². The smallest absolute Gasteiger partial charge is 0.410 e. The summed E-state index contributed by atoms with van der Waals surface area (Å²) in [6, 6.07) is 2.26. The van der Waals surface area contributed by atoms with Crippen molar-refractivity contribution in [2.75, 3.05) is 13.2 Å². The van der Waals surface area contributed by atoms with Crippen LogP contribution < -0.4 is 0 Å². The highest BCUT2D eigenvalue weighted by Gasteiger charge is 2.33. The Hall–Kier alpha value is -0.525. The molecule has 1 atom stereocenters. The highest BCUT2D eigenvalue weighted by molar-refractivity contribution is 6.44. The van der Waals surface area contributed by atoms with Crippen LogP contribution in [0.5, 0.6) is 0 Å². The first-order valence-electron chi connectivity index (χ1n) is 5.20. The lowest BCUT2D eigenvalue weighted by Gasteiger charge is -2.33. The molecule has 14 heavy (non-hydrogen) atoms. The van der Waals surface area contributed by atoms with E-state index in [2.05, 4.69) is 19.9 Å². The van der Waals surface area contributed by atoms with Gasteiger partial charge in [-0.15, -0.1) is 0 Å². The summed E-state index contributed by atoms with van der Waals surface area (Å²) < 4.78 is 11.1. The number of nitriles is 1. The Labute approximate surface area is 86.5 Å². The van der Waals surface area contributed by atoms with Gasteiger partial charge in [-0.25, -0.2) is 0 Å². The van der Waals surface area contributed by atoms with Gasteiger partial charge >= 0.3 is 7.12 Å². The molecule has 0 aromatic carbocycles. The van der Waals surface area contributed by atoms with Crippen LogP contribution in [0.25, 0.3) is 0 Å². The molecule has 0 N–H and O–H groups in total. The van der Waals surface area contributed by atoms with Gasteiger partial charge in [0, 0.05) is 24.5 Å². The van der Waals surface area contributed by atoms with Crippen molar-refractivity contribution < 1.29 is 9.31 Å². The molecule has 0 spiro atoms. The maximum atomic E-state index is 8.80. The van der Waals surface area contributed by atoms with E-state index in [0.717, 1.165) is 19.6 Å².